The van der Waals surface area contributed by atoms with Gasteiger partial charge in [0, 0.05) is 6.04 Å². The van der Waals surface area contributed by atoms with Gasteiger partial charge in [-0.05, 0) is 31.0 Å². The Balaban J connectivity index is 2.03. The van der Waals surface area contributed by atoms with E-state index in [1.165, 1.54) is 18.5 Å². The SMILES string of the molecule is CC(Cc1ccc(F)cc1)Nc1ncnc(N)c1Cl. The number of anilines is 2. The molecule has 1 unspecified atom stereocenters. The number of hydrogen-bond donors (Lipinski definition) is 2. The molecule has 2 aromatic rings. The Bertz CT molecular complexity index is 559. The van der Waals surface area contributed by atoms with Crippen molar-refractivity contribution in [3.63, 3.8) is 0 Å². The third kappa shape index (κ3) is 3.54. The minimum atomic E-state index is -0.240. The quantitative estimate of drug-likeness (QED) is 0.904. The van der Waals surface area contributed by atoms with Crippen LogP contribution in [0.2, 0.25) is 5.02 Å². The van der Waals surface area contributed by atoms with Crippen LogP contribution in [0.5, 0.6) is 0 Å². The molecule has 0 saturated heterocycles. The zero-order chi connectivity index (χ0) is 13.8. The van der Waals surface area contributed by atoms with E-state index in [1.807, 2.05) is 6.92 Å². The van der Waals surface area contributed by atoms with E-state index in [2.05, 4.69) is 15.3 Å². The van der Waals surface area contributed by atoms with Gasteiger partial charge >= 0.3 is 0 Å². The standard InChI is InChI=1S/C13H14ClFN4/c1-8(6-9-2-4-10(15)5-3-9)19-13-11(14)12(16)17-7-18-13/h2-5,7-8H,6H2,1H3,(H3,16,17,18,19). The molecule has 1 atom stereocenters. The summed E-state index contributed by atoms with van der Waals surface area (Å²) in [5.41, 5.74) is 6.63. The molecular weight excluding hydrogens is 267 g/mol. The second kappa shape index (κ2) is 5.84. The molecule has 0 amide bonds. The van der Waals surface area contributed by atoms with E-state index < -0.39 is 0 Å². The predicted octanol–water partition coefficient (Wildman–Crippen LogP) is 2.89. The summed E-state index contributed by atoms with van der Waals surface area (Å²) >= 11 is 6.00. The highest BCUT2D eigenvalue weighted by atomic mass is 35.5. The minimum Gasteiger partial charge on any atom is -0.382 e. The third-order valence-electron chi connectivity index (χ3n) is 2.65. The van der Waals surface area contributed by atoms with Crippen LogP contribution in [0.4, 0.5) is 16.0 Å². The lowest BCUT2D eigenvalue weighted by Crippen LogP contribution is -2.19. The third-order valence-corrected chi connectivity index (χ3v) is 3.03. The summed E-state index contributed by atoms with van der Waals surface area (Å²) in [7, 11) is 0. The first-order valence-corrected chi connectivity index (χ1v) is 6.21. The molecule has 0 spiro atoms. The van der Waals surface area contributed by atoms with Gasteiger partial charge in [0.2, 0.25) is 0 Å². The molecule has 0 aliphatic heterocycles. The lowest BCUT2D eigenvalue weighted by Gasteiger charge is -2.15. The Morgan fingerprint density at radius 1 is 1.32 bits per heavy atom. The molecule has 6 heteroatoms. The van der Waals surface area contributed by atoms with Crippen molar-refractivity contribution in [1.29, 1.82) is 0 Å². The summed E-state index contributed by atoms with van der Waals surface area (Å²) in [5, 5.41) is 3.47. The normalized spacial score (nSPS) is 12.2. The molecule has 100 valence electrons. The fraction of sp³-hybridized carbons (Fsp3) is 0.231. The van der Waals surface area contributed by atoms with E-state index >= 15 is 0 Å². The molecule has 0 aliphatic rings. The van der Waals surface area contributed by atoms with E-state index in [0.717, 1.165) is 12.0 Å². The Morgan fingerprint density at radius 3 is 2.68 bits per heavy atom. The number of nitrogens with two attached hydrogens (primary N) is 1. The highest BCUT2D eigenvalue weighted by molar-refractivity contribution is 6.35. The zero-order valence-corrected chi connectivity index (χ0v) is 11.2. The van der Waals surface area contributed by atoms with Gasteiger partial charge in [-0.2, -0.15) is 0 Å². The van der Waals surface area contributed by atoms with Gasteiger partial charge in [-0.3, -0.25) is 0 Å². The molecule has 0 aliphatic carbocycles. The van der Waals surface area contributed by atoms with Crippen LogP contribution in [-0.4, -0.2) is 16.0 Å². The topological polar surface area (TPSA) is 63.8 Å². The molecule has 1 aromatic carbocycles. The second-order valence-corrected chi connectivity index (χ2v) is 4.68. The molecule has 3 N–H and O–H groups in total. The molecule has 1 aromatic heterocycles. The van der Waals surface area contributed by atoms with E-state index in [0.29, 0.717) is 10.8 Å². The van der Waals surface area contributed by atoms with Crippen LogP contribution in [0.3, 0.4) is 0 Å². The Kier molecular flexibility index (Phi) is 4.16. The molecule has 4 nitrogen and oxygen atoms in total. The van der Waals surface area contributed by atoms with Crippen molar-refractivity contribution >= 4 is 23.2 Å². The lowest BCUT2D eigenvalue weighted by molar-refractivity contribution is 0.626. The highest BCUT2D eigenvalue weighted by Crippen LogP contribution is 2.24. The van der Waals surface area contributed by atoms with Crippen LogP contribution in [0.1, 0.15) is 12.5 Å². The summed E-state index contributed by atoms with van der Waals surface area (Å²) in [4.78, 5) is 7.83. The Hall–Kier alpha value is -1.88. The van der Waals surface area contributed by atoms with Gasteiger partial charge in [-0.1, -0.05) is 23.7 Å². The van der Waals surface area contributed by atoms with Gasteiger partial charge in [-0.25, -0.2) is 14.4 Å². The maximum Gasteiger partial charge on any atom is 0.150 e. The largest absolute Gasteiger partial charge is 0.382 e. The summed E-state index contributed by atoms with van der Waals surface area (Å²) in [5.74, 6) is 0.507. The van der Waals surface area contributed by atoms with E-state index in [4.69, 9.17) is 17.3 Å². The van der Waals surface area contributed by atoms with Crippen LogP contribution < -0.4 is 11.1 Å². The van der Waals surface area contributed by atoms with Crippen LogP contribution in [0.15, 0.2) is 30.6 Å². The minimum absolute atomic E-state index is 0.0808. The lowest BCUT2D eigenvalue weighted by atomic mass is 10.1. The van der Waals surface area contributed by atoms with Gasteiger partial charge in [0.05, 0.1) is 0 Å². The summed E-state index contributed by atoms with van der Waals surface area (Å²) < 4.78 is 12.8. The molecule has 0 radical (unpaired) electrons. The van der Waals surface area contributed by atoms with E-state index in [-0.39, 0.29) is 17.7 Å². The fourth-order valence-electron chi connectivity index (χ4n) is 1.74. The van der Waals surface area contributed by atoms with Gasteiger partial charge in [0.1, 0.15) is 23.0 Å². The Morgan fingerprint density at radius 2 is 2.00 bits per heavy atom. The smallest absolute Gasteiger partial charge is 0.150 e. The van der Waals surface area contributed by atoms with Crippen molar-refractivity contribution in [3.8, 4) is 0 Å². The molecule has 0 bridgehead atoms. The summed E-state index contributed by atoms with van der Waals surface area (Å²) in [6.07, 6.45) is 2.08. The van der Waals surface area contributed by atoms with Crippen molar-refractivity contribution in [2.45, 2.75) is 19.4 Å². The van der Waals surface area contributed by atoms with Crippen molar-refractivity contribution in [3.05, 3.63) is 47.0 Å². The van der Waals surface area contributed by atoms with E-state index in [9.17, 15) is 4.39 Å². The molecular formula is C13H14ClFN4. The fourth-order valence-corrected chi connectivity index (χ4v) is 1.89. The first-order valence-electron chi connectivity index (χ1n) is 5.83. The first kappa shape index (κ1) is 13.5. The van der Waals surface area contributed by atoms with Crippen molar-refractivity contribution in [2.24, 2.45) is 0 Å². The monoisotopic (exact) mass is 280 g/mol. The number of rotatable bonds is 4. The van der Waals surface area contributed by atoms with Crippen molar-refractivity contribution < 1.29 is 4.39 Å². The zero-order valence-electron chi connectivity index (χ0n) is 10.4. The number of benzene rings is 1. The summed E-state index contributed by atoms with van der Waals surface area (Å²) in [6.45, 7) is 1.98. The molecule has 0 saturated carbocycles. The first-order chi connectivity index (χ1) is 9.06. The number of nitrogen functional groups attached to an aromatic ring is 1. The average Bonchev–Trinajstić information content (AvgIpc) is 2.38. The van der Waals surface area contributed by atoms with Crippen LogP contribution in [0.25, 0.3) is 0 Å². The highest BCUT2D eigenvalue weighted by Gasteiger charge is 2.10. The van der Waals surface area contributed by atoms with E-state index in [1.54, 1.807) is 12.1 Å². The predicted molar refractivity (Wildman–Crippen MR) is 74.6 cm³/mol. The molecule has 19 heavy (non-hydrogen) atoms. The van der Waals surface area contributed by atoms with Gasteiger partial charge in [-0.15, -0.1) is 0 Å². The summed E-state index contributed by atoms with van der Waals surface area (Å²) in [6, 6.07) is 6.47. The Labute approximate surface area is 115 Å². The van der Waals surface area contributed by atoms with Gasteiger partial charge in [0.15, 0.2) is 5.82 Å². The van der Waals surface area contributed by atoms with Gasteiger partial charge < -0.3 is 11.1 Å². The van der Waals surface area contributed by atoms with Crippen LogP contribution >= 0.6 is 11.6 Å². The van der Waals surface area contributed by atoms with Crippen molar-refractivity contribution in [1.82, 2.24) is 9.97 Å². The maximum absolute atomic E-state index is 12.8. The average molecular weight is 281 g/mol. The second-order valence-electron chi connectivity index (χ2n) is 4.30. The number of nitrogens with one attached hydrogen (secondary N) is 1. The van der Waals surface area contributed by atoms with Crippen LogP contribution in [-0.2, 0) is 6.42 Å². The molecule has 1 heterocycles. The molecule has 2 rings (SSSR count). The number of nitrogens with zero attached hydrogens (tertiary/aromatic N) is 2. The number of hydrogen-bond acceptors (Lipinski definition) is 4. The molecule has 0 fully saturated rings. The van der Waals surface area contributed by atoms with Crippen LogP contribution in [0, 0.1) is 5.82 Å². The maximum atomic E-state index is 12.8. The van der Waals surface area contributed by atoms with Crippen molar-refractivity contribution in [2.75, 3.05) is 11.1 Å². The van der Waals surface area contributed by atoms with Gasteiger partial charge in [0.25, 0.3) is 0 Å². The number of halogens is 2. The number of aromatic nitrogens is 2.